The van der Waals surface area contributed by atoms with E-state index in [1.54, 1.807) is 0 Å². The summed E-state index contributed by atoms with van der Waals surface area (Å²) < 4.78 is 0. The molecule has 3 nitrogen and oxygen atoms in total. The Bertz CT molecular complexity index is 616. The van der Waals surface area contributed by atoms with Crippen LogP contribution in [0, 0.1) is 12.3 Å². The molecule has 1 aromatic heterocycles. The van der Waals surface area contributed by atoms with Crippen LogP contribution in [0.3, 0.4) is 0 Å². The third-order valence-electron chi connectivity index (χ3n) is 2.34. The number of carbonyl (C=O) groups excluding carboxylic acids is 1. The van der Waals surface area contributed by atoms with E-state index < -0.39 is 0 Å². The monoisotopic (exact) mass is 244 g/mol. The van der Waals surface area contributed by atoms with Gasteiger partial charge in [-0.15, -0.1) is 6.42 Å². The van der Waals surface area contributed by atoms with Crippen LogP contribution in [0.2, 0.25) is 5.15 Å². The van der Waals surface area contributed by atoms with Crippen molar-refractivity contribution in [2.24, 2.45) is 0 Å². The van der Waals surface area contributed by atoms with Crippen LogP contribution in [0.5, 0.6) is 0 Å². The summed E-state index contributed by atoms with van der Waals surface area (Å²) in [6.45, 7) is 0.190. The number of hydrogen-bond acceptors (Lipinski definition) is 2. The molecule has 0 bridgehead atoms. The summed E-state index contributed by atoms with van der Waals surface area (Å²) in [5.41, 5.74) is 0.472. The van der Waals surface area contributed by atoms with Gasteiger partial charge in [-0.3, -0.25) is 4.79 Å². The summed E-state index contributed by atoms with van der Waals surface area (Å²) >= 11 is 5.96. The van der Waals surface area contributed by atoms with Crippen LogP contribution >= 0.6 is 11.6 Å². The predicted molar refractivity (Wildman–Crippen MR) is 67.9 cm³/mol. The highest BCUT2D eigenvalue weighted by Crippen LogP contribution is 2.23. The molecule has 1 heterocycles. The molecule has 0 saturated heterocycles. The smallest absolute Gasteiger partial charge is 0.254 e. The van der Waals surface area contributed by atoms with Crippen LogP contribution in [-0.4, -0.2) is 17.4 Å². The normalized spacial score (nSPS) is 9.88. The SMILES string of the molecule is C#CCNC(=O)c1cnc(Cl)c2ccccc12. The Hall–Kier alpha value is -2.05. The van der Waals surface area contributed by atoms with Gasteiger partial charge in [-0.25, -0.2) is 4.98 Å². The molecule has 84 valence electrons. The van der Waals surface area contributed by atoms with Gasteiger partial charge in [-0.05, 0) is 5.39 Å². The largest absolute Gasteiger partial charge is 0.341 e. The fourth-order valence-electron chi connectivity index (χ4n) is 1.57. The van der Waals surface area contributed by atoms with E-state index in [1.807, 2.05) is 24.3 Å². The van der Waals surface area contributed by atoms with Gasteiger partial charge in [0.15, 0.2) is 0 Å². The third kappa shape index (κ3) is 2.22. The molecule has 0 unspecified atom stereocenters. The Labute approximate surface area is 104 Å². The number of fused-ring (bicyclic) bond motifs is 1. The summed E-state index contributed by atoms with van der Waals surface area (Å²) in [5.74, 6) is 2.10. The van der Waals surface area contributed by atoms with Gasteiger partial charge in [-0.1, -0.05) is 41.8 Å². The van der Waals surface area contributed by atoms with Gasteiger partial charge >= 0.3 is 0 Å². The maximum atomic E-state index is 11.8. The van der Waals surface area contributed by atoms with Crippen molar-refractivity contribution >= 4 is 28.3 Å². The molecule has 2 rings (SSSR count). The van der Waals surface area contributed by atoms with E-state index in [0.717, 1.165) is 10.8 Å². The van der Waals surface area contributed by atoms with Crippen molar-refractivity contribution in [3.05, 3.63) is 41.2 Å². The van der Waals surface area contributed by atoms with Crippen LogP contribution in [0.4, 0.5) is 0 Å². The average molecular weight is 245 g/mol. The van der Waals surface area contributed by atoms with Crippen LogP contribution in [0.1, 0.15) is 10.4 Å². The van der Waals surface area contributed by atoms with E-state index in [0.29, 0.717) is 10.7 Å². The van der Waals surface area contributed by atoms with E-state index >= 15 is 0 Å². The number of carbonyl (C=O) groups is 1. The first-order valence-corrected chi connectivity index (χ1v) is 5.36. The van der Waals surface area contributed by atoms with Crippen molar-refractivity contribution in [3.63, 3.8) is 0 Å². The summed E-state index contributed by atoms with van der Waals surface area (Å²) in [6.07, 6.45) is 6.55. The average Bonchev–Trinajstić information content (AvgIpc) is 2.37. The topological polar surface area (TPSA) is 42.0 Å². The van der Waals surface area contributed by atoms with Gasteiger partial charge in [0, 0.05) is 11.6 Å². The van der Waals surface area contributed by atoms with Gasteiger partial charge in [0.1, 0.15) is 5.15 Å². The van der Waals surface area contributed by atoms with E-state index in [-0.39, 0.29) is 12.5 Å². The number of halogens is 1. The summed E-state index contributed by atoms with van der Waals surface area (Å²) in [5, 5.41) is 4.50. The first kappa shape index (κ1) is 11.4. The third-order valence-corrected chi connectivity index (χ3v) is 2.64. The zero-order valence-electron chi connectivity index (χ0n) is 8.90. The second kappa shape index (κ2) is 4.86. The number of terminal acetylenes is 1. The molecule has 0 saturated carbocycles. The van der Waals surface area contributed by atoms with E-state index in [2.05, 4.69) is 16.2 Å². The number of nitrogens with one attached hydrogen (secondary N) is 1. The molecule has 17 heavy (non-hydrogen) atoms. The van der Waals surface area contributed by atoms with Gasteiger partial charge in [0.2, 0.25) is 0 Å². The van der Waals surface area contributed by atoms with Crippen LogP contribution < -0.4 is 5.32 Å². The van der Waals surface area contributed by atoms with E-state index in [9.17, 15) is 4.79 Å². The van der Waals surface area contributed by atoms with Crippen LogP contribution in [0.25, 0.3) is 10.8 Å². The molecule has 0 aliphatic rings. The number of nitrogens with zero attached hydrogens (tertiary/aromatic N) is 1. The number of hydrogen-bond donors (Lipinski definition) is 1. The Balaban J connectivity index is 2.52. The van der Waals surface area contributed by atoms with Crippen LogP contribution in [0.15, 0.2) is 30.5 Å². The van der Waals surface area contributed by atoms with Gasteiger partial charge in [0.05, 0.1) is 12.1 Å². The quantitative estimate of drug-likeness (QED) is 0.650. The zero-order valence-corrected chi connectivity index (χ0v) is 9.66. The first-order chi connectivity index (χ1) is 8.24. The van der Waals surface area contributed by atoms with Crippen molar-refractivity contribution in [2.75, 3.05) is 6.54 Å². The Morgan fingerprint density at radius 3 is 2.82 bits per heavy atom. The van der Waals surface area contributed by atoms with Crippen molar-refractivity contribution < 1.29 is 4.79 Å². The van der Waals surface area contributed by atoms with Crippen molar-refractivity contribution in [1.82, 2.24) is 10.3 Å². The van der Waals surface area contributed by atoms with Crippen LogP contribution in [-0.2, 0) is 0 Å². The molecule has 4 heteroatoms. The molecule has 2 aromatic rings. The predicted octanol–water partition coefficient (Wildman–Crippen LogP) is 2.25. The highest BCUT2D eigenvalue weighted by atomic mass is 35.5. The van der Waals surface area contributed by atoms with Crippen molar-refractivity contribution in [3.8, 4) is 12.3 Å². The summed E-state index contributed by atoms with van der Waals surface area (Å²) in [7, 11) is 0. The highest BCUT2D eigenvalue weighted by Gasteiger charge is 2.11. The fourth-order valence-corrected chi connectivity index (χ4v) is 1.78. The minimum atomic E-state index is -0.247. The molecule has 0 aliphatic heterocycles. The Morgan fingerprint density at radius 2 is 2.12 bits per heavy atom. The van der Waals surface area contributed by atoms with Crippen molar-refractivity contribution in [1.29, 1.82) is 0 Å². The molecule has 0 spiro atoms. The van der Waals surface area contributed by atoms with E-state index in [1.165, 1.54) is 6.20 Å². The summed E-state index contributed by atoms with van der Waals surface area (Å²) in [4.78, 5) is 15.8. The minimum absolute atomic E-state index is 0.190. The lowest BCUT2D eigenvalue weighted by atomic mass is 10.1. The standard InChI is InChI=1S/C13H9ClN2O/c1-2-7-15-13(17)11-8-16-12(14)10-6-4-3-5-9(10)11/h1,3-6,8H,7H2,(H,15,17). The Morgan fingerprint density at radius 1 is 1.41 bits per heavy atom. The number of benzene rings is 1. The first-order valence-electron chi connectivity index (χ1n) is 4.99. The molecule has 1 aromatic carbocycles. The molecular formula is C13H9ClN2O. The fraction of sp³-hybridized carbons (Fsp3) is 0.0769. The molecule has 1 N–H and O–H groups in total. The molecule has 0 atom stereocenters. The minimum Gasteiger partial charge on any atom is -0.341 e. The number of pyridine rings is 1. The van der Waals surface area contributed by atoms with E-state index in [4.69, 9.17) is 18.0 Å². The molecule has 0 radical (unpaired) electrons. The van der Waals surface area contributed by atoms with Crippen molar-refractivity contribution in [2.45, 2.75) is 0 Å². The second-order valence-corrected chi connectivity index (χ2v) is 3.75. The van der Waals surface area contributed by atoms with Gasteiger partial charge < -0.3 is 5.32 Å². The molecule has 0 aliphatic carbocycles. The second-order valence-electron chi connectivity index (χ2n) is 3.40. The molecule has 0 fully saturated rings. The van der Waals surface area contributed by atoms with Gasteiger partial charge in [0.25, 0.3) is 5.91 Å². The molecule has 1 amide bonds. The Kier molecular flexibility index (Phi) is 3.27. The maximum Gasteiger partial charge on any atom is 0.254 e. The lowest BCUT2D eigenvalue weighted by molar-refractivity contribution is 0.0960. The number of amides is 1. The number of rotatable bonds is 2. The van der Waals surface area contributed by atoms with Gasteiger partial charge in [-0.2, -0.15) is 0 Å². The number of aromatic nitrogens is 1. The highest BCUT2D eigenvalue weighted by molar-refractivity contribution is 6.34. The zero-order chi connectivity index (χ0) is 12.3. The lowest BCUT2D eigenvalue weighted by Gasteiger charge is -2.06. The summed E-state index contributed by atoms with van der Waals surface area (Å²) in [6, 6.07) is 7.34. The lowest BCUT2D eigenvalue weighted by Crippen LogP contribution is -2.23. The maximum absolute atomic E-state index is 11.8. The molecular weight excluding hydrogens is 236 g/mol.